The van der Waals surface area contributed by atoms with Gasteiger partial charge in [-0.15, -0.1) is 0 Å². The van der Waals surface area contributed by atoms with Gasteiger partial charge in [0.2, 0.25) is 0 Å². The lowest BCUT2D eigenvalue weighted by molar-refractivity contribution is 1.49. The Bertz CT molecular complexity index is 176. The molecule has 46 valence electrons. The Kier molecular flexibility index (Phi) is 1.94. The van der Waals surface area contributed by atoms with E-state index in [-0.39, 0.29) is 0 Å². The summed E-state index contributed by atoms with van der Waals surface area (Å²) in [6.45, 7) is 4.28. The van der Waals surface area contributed by atoms with E-state index >= 15 is 0 Å². The Labute approximate surface area is 57.1 Å². The monoisotopic (exact) mass is 118 g/mol. The van der Waals surface area contributed by atoms with Crippen LogP contribution >= 0.6 is 0 Å². The molecule has 0 aliphatic carbocycles. The standard InChI is InChI=1S/C8H11B/c1-7-3-5-8(9-2)6-4-7/h3-6,9H,1-2H3. The van der Waals surface area contributed by atoms with Crippen molar-refractivity contribution in [2.24, 2.45) is 0 Å². The predicted octanol–water partition coefficient (Wildman–Crippen LogP) is 1.10. The van der Waals surface area contributed by atoms with Crippen molar-refractivity contribution in [1.29, 1.82) is 0 Å². The molecule has 0 saturated carbocycles. The molecular formula is C8H11B. The number of benzene rings is 1. The third kappa shape index (κ3) is 1.60. The minimum Gasteiger partial charge on any atom is -0.0849 e. The molecule has 1 rings (SSSR count). The first-order valence-corrected chi connectivity index (χ1v) is 3.38. The minimum atomic E-state index is 1.14. The van der Waals surface area contributed by atoms with Crippen molar-refractivity contribution < 1.29 is 0 Å². The van der Waals surface area contributed by atoms with E-state index in [2.05, 4.69) is 38.0 Å². The van der Waals surface area contributed by atoms with Crippen LogP contribution in [0.2, 0.25) is 6.82 Å². The largest absolute Gasteiger partial charge is 0.154 e. The molecule has 0 aromatic heterocycles. The van der Waals surface area contributed by atoms with Crippen molar-refractivity contribution in [2.75, 3.05) is 0 Å². The van der Waals surface area contributed by atoms with Crippen LogP contribution < -0.4 is 5.46 Å². The Balaban J connectivity index is 2.88. The Hall–Kier alpha value is -0.715. The van der Waals surface area contributed by atoms with E-state index in [0.717, 1.165) is 7.28 Å². The highest BCUT2D eigenvalue weighted by atomic mass is 13.8. The average molecular weight is 118 g/mol. The van der Waals surface area contributed by atoms with E-state index in [0.29, 0.717) is 0 Å². The molecule has 0 aliphatic rings. The maximum Gasteiger partial charge on any atom is 0.154 e. The molecule has 0 radical (unpaired) electrons. The van der Waals surface area contributed by atoms with Gasteiger partial charge in [0.05, 0.1) is 0 Å². The summed E-state index contributed by atoms with van der Waals surface area (Å²) in [7, 11) is 1.14. The number of hydrogen-bond donors (Lipinski definition) is 0. The van der Waals surface area contributed by atoms with Crippen LogP contribution in [0.5, 0.6) is 0 Å². The summed E-state index contributed by atoms with van der Waals surface area (Å²) in [6, 6.07) is 8.66. The summed E-state index contributed by atoms with van der Waals surface area (Å²) in [6.07, 6.45) is 0. The second-order valence-electron chi connectivity index (χ2n) is 2.34. The van der Waals surface area contributed by atoms with Crippen LogP contribution in [-0.2, 0) is 0 Å². The van der Waals surface area contributed by atoms with Gasteiger partial charge in [0.15, 0.2) is 7.28 Å². The number of rotatable bonds is 1. The molecule has 0 aliphatic heterocycles. The summed E-state index contributed by atoms with van der Waals surface area (Å²) in [5, 5.41) is 0. The molecule has 1 aromatic rings. The Morgan fingerprint density at radius 2 is 1.67 bits per heavy atom. The van der Waals surface area contributed by atoms with Crippen molar-refractivity contribution in [2.45, 2.75) is 13.7 Å². The van der Waals surface area contributed by atoms with Crippen LogP contribution in [0.3, 0.4) is 0 Å². The van der Waals surface area contributed by atoms with Crippen LogP contribution in [0.1, 0.15) is 5.56 Å². The Morgan fingerprint density at radius 1 is 1.11 bits per heavy atom. The van der Waals surface area contributed by atoms with Crippen molar-refractivity contribution in [3.63, 3.8) is 0 Å². The molecule has 0 N–H and O–H groups in total. The summed E-state index contributed by atoms with van der Waals surface area (Å²) < 4.78 is 0. The van der Waals surface area contributed by atoms with Gasteiger partial charge in [-0.05, 0) is 6.92 Å². The first-order valence-electron chi connectivity index (χ1n) is 3.38. The zero-order valence-corrected chi connectivity index (χ0v) is 6.02. The van der Waals surface area contributed by atoms with Gasteiger partial charge in [-0.2, -0.15) is 0 Å². The first-order chi connectivity index (χ1) is 4.33. The van der Waals surface area contributed by atoms with Gasteiger partial charge >= 0.3 is 0 Å². The van der Waals surface area contributed by atoms with E-state index in [1.54, 1.807) is 0 Å². The van der Waals surface area contributed by atoms with E-state index in [9.17, 15) is 0 Å². The lowest BCUT2D eigenvalue weighted by Crippen LogP contribution is -2.08. The van der Waals surface area contributed by atoms with E-state index in [1.165, 1.54) is 11.0 Å². The van der Waals surface area contributed by atoms with Crippen LogP contribution in [0, 0.1) is 6.92 Å². The van der Waals surface area contributed by atoms with Gasteiger partial charge in [-0.3, -0.25) is 0 Å². The molecule has 0 amide bonds. The van der Waals surface area contributed by atoms with E-state index < -0.39 is 0 Å². The van der Waals surface area contributed by atoms with Gasteiger partial charge in [0.1, 0.15) is 0 Å². The molecule has 1 heteroatoms. The van der Waals surface area contributed by atoms with Gasteiger partial charge in [0.25, 0.3) is 0 Å². The fraction of sp³-hybridized carbons (Fsp3) is 0.250. The fourth-order valence-corrected chi connectivity index (χ4v) is 0.824. The lowest BCUT2D eigenvalue weighted by atomic mass is 9.73. The highest BCUT2D eigenvalue weighted by molar-refractivity contribution is 6.51. The van der Waals surface area contributed by atoms with Gasteiger partial charge in [0, 0.05) is 0 Å². The zero-order chi connectivity index (χ0) is 6.69. The molecule has 0 nitrogen and oxygen atoms in total. The second-order valence-corrected chi connectivity index (χ2v) is 2.34. The van der Waals surface area contributed by atoms with Crippen LogP contribution in [0.25, 0.3) is 0 Å². The summed E-state index contributed by atoms with van der Waals surface area (Å²) in [4.78, 5) is 0. The maximum absolute atomic E-state index is 2.18. The lowest BCUT2D eigenvalue weighted by Gasteiger charge is -1.93. The summed E-state index contributed by atoms with van der Waals surface area (Å²) >= 11 is 0. The normalized spacial score (nSPS) is 9.11. The van der Waals surface area contributed by atoms with E-state index in [1.807, 2.05) is 0 Å². The topological polar surface area (TPSA) is 0 Å². The summed E-state index contributed by atoms with van der Waals surface area (Å²) in [5.41, 5.74) is 2.76. The average Bonchev–Trinajstić information content (AvgIpc) is 1.90. The third-order valence-corrected chi connectivity index (χ3v) is 1.53. The molecule has 0 bridgehead atoms. The predicted molar refractivity (Wildman–Crippen MR) is 43.8 cm³/mol. The molecular weight excluding hydrogens is 107 g/mol. The molecule has 9 heavy (non-hydrogen) atoms. The van der Waals surface area contributed by atoms with Crippen LogP contribution in [0.15, 0.2) is 24.3 Å². The van der Waals surface area contributed by atoms with Gasteiger partial charge in [-0.1, -0.05) is 42.1 Å². The van der Waals surface area contributed by atoms with Gasteiger partial charge in [-0.25, -0.2) is 0 Å². The van der Waals surface area contributed by atoms with Crippen LogP contribution in [-0.4, -0.2) is 7.28 Å². The fourth-order valence-electron chi connectivity index (χ4n) is 0.824. The highest BCUT2D eigenvalue weighted by Crippen LogP contribution is 1.91. The van der Waals surface area contributed by atoms with Crippen molar-refractivity contribution >= 4 is 12.7 Å². The number of aryl methyl sites for hydroxylation is 1. The quantitative estimate of drug-likeness (QED) is 0.484. The molecule has 0 heterocycles. The number of hydrogen-bond acceptors (Lipinski definition) is 0. The second kappa shape index (κ2) is 2.72. The van der Waals surface area contributed by atoms with Crippen molar-refractivity contribution in [1.82, 2.24) is 0 Å². The molecule has 1 aromatic carbocycles. The summed E-state index contributed by atoms with van der Waals surface area (Å²) in [5.74, 6) is 0. The Morgan fingerprint density at radius 3 is 2.11 bits per heavy atom. The van der Waals surface area contributed by atoms with Crippen molar-refractivity contribution in [3.8, 4) is 0 Å². The highest BCUT2D eigenvalue weighted by Gasteiger charge is 1.86. The molecule has 0 saturated heterocycles. The molecule has 0 unspecified atom stereocenters. The minimum absolute atomic E-state index is 1.14. The third-order valence-electron chi connectivity index (χ3n) is 1.53. The molecule has 0 atom stereocenters. The van der Waals surface area contributed by atoms with Crippen LogP contribution in [0.4, 0.5) is 0 Å². The van der Waals surface area contributed by atoms with Gasteiger partial charge < -0.3 is 0 Å². The van der Waals surface area contributed by atoms with E-state index in [4.69, 9.17) is 0 Å². The molecule has 0 spiro atoms. The maximum atomic E-state index is 2.18. The first kappa shape index (κ1) is 6.41. The SMILES string of the molecule is CBc1ccc(C)cc1. The van der Waals surface area contributed by atoms with Crippen molar-refractivity contribution in [3.05, 3.63) is 29.8 Å². The molecule has 0 fully saturated rings. The smallest absolute Gasteiger partial charge is 0.0849 e. The zero-order valence-electron chi connectivity index (χ0n) is 6.02.